The maximum atomic E-state index is 13.0. The van der Waals surface area contributed by atoms with Crippen LogP contribution in [0.25, 0.3) is 10.8 Å². The van der Waals surface area contributed by atoms with E-state index in [0.717, 1.165) is 23.6 Å². The van der Waals surface area contributed by atoms with Crippen LogP contribution in [0.3, 0.4) is 0 Å². The quantitative estimate of drug-likeness (QED) is 0.874. The molecule has 1 aliphatic rings. The normalized spacial score (nSPS) is 22.5. The summed E-state index contributed by atoms with van der Waals surface area (Å²) in [7, 11) is 0. The predicted octanol–water partition coefficient (Wildman–Crippen LogP) is 3.22. The van der Waals surface area contributed by atoms with Crippen LogP contribution in [0, 0.1) is 0 Å². The Morgan fingerprint density at radius 1 is 1.19 bits per heavy atom. The minimum atomic E-state index is 0.0680. The second-order valence-electron chi connectivity index (χ2n) is 5.94. The number of nitrogen functional groups attached to an aromatic ring is 1. The van der Waals surface area contributed by atoms with Crippen molar-refractivity contribution in [2.75, 3.05) is 5.73 Å². The predicted molar refractivity (Wildman–Crippen MR) is 85.1 cm³/mol. The van der Waals surface area contributed by atoms with Crippen LogP contribution in [-0.4, -0.2) is 27.9 Å². The van der Waals surface area contributed by atoms with Crippen molar-refractivity contribution >= 4 is 22.5 Å². The van der Waals surface area contributed by atoms with Gasteiger partial charge in [0.1, 0.15) is 5.82 Å². The molecule has 2 N–H and O–H groups in total. The van der Waals surface area contributed by atoms with Gasteiger partial charge in [-0.1, -0.05) is 24.3 Å². The van der Waals surface area contributed by atoms with Gasteiger partial charge in [-0.25, -0.2) is 4.98 Å². The molecule has 1 saturated heterocycles. The van der Waals surface area contributed by atoms with Gasteiger partial charge in [-0.2, -0.15) is 0 Å². The molecule has 4 nitrogen and oxygen atoms in total. The van der Waals surface area contributed by atoms with Crippen LogP contribution in [0.15, 0.2) is 30.5 Å². The Balaban J connectivity index is 2.08. The minimum Gasteiger partial charge on any atom is -0.383 e. The Morgan fingerprint density at radius 3 is 2.48 bits per heavy atom. The van der Waals surface area contributed by atoms with E-state index >= 15 is 0 Å². The van der Waals surface area contributed by atoms with E-state index in [-0.39, 0.29) is 18.0 Å². The van der Waals surface area contributed by atoms with E-state index in [0.29, 0.717) is 11.4 Å². The Kier molecular flexibility index (Phi) is 3.53. The van der Waals surface area contributed by atoms with Crippen molar-refractivity contribution < 1.29 is 4.79 Å². The van der Waals surface area contributed by atoms with E-state index < -0.39 is 0 Å². The van der Waals surface area contributed by atoms with Gasteiger partial charge in [-0.3, -0.25) is 4.79 Å². The summed E-state index contributed by atoms with van der Waals surface area (Å²) in [5.74, 6) is 0.542. The van der Waals surface area contributed by atoms with Crippen LogP contribution in [0.1, 0.15) is 43.5 Å². The SMILES string of the molecule is CC1CCCC(C)N1C(=O)c1cnc(N)c2ccccc12. The van der Waals surface area contributed by atoms with E-state index in [2.05, 4.69) is 18.8 Å². The monoisotopic (exact) mass is 283 g/mol. The number of likely N-dealkylation sites (tertiary alicyclic amines) is 1. The Morgan fingerprint density at radius 2 is 1.81 bits per heavy atom. The number of carbonyl (C=O) groups is 1. The van der Waals surface area contributed by atoms with E-state index in [4.69, 9.17) is 5.73 Å². The van der Waals surface area contributed by atoms with Crippen molar-refractivity contribution in [2.24, 2.45) is 0 Å². The summed E-state index contributed by atoms with van der Waals surface area (Å²) in [5, 5.41) is 1.74. The Bertz CT molecular complexity index is 673. The molecule has 110 valence electrons. The van der Waals surface area contributed by atoms with Gasteiger partial charge in [0.15, 0.2) is 0 Å². The van der Waals surface area contributed by atoms with Gasteiger partial charge >= 0.3 is 0 Å². The van der Waals surface area contributed by atoms with Gasteiger partial charge in [0.2, 0.25) is 0 Å². The number of piperidine rings is 1. The first kappa shape index (κ1) is 13.9. The number of hydrogen-bond donors (Lipinski definition) is 1. The van der Waals surface area contributed by atoms with Crippen molar-refractivity contribution in [1.29, 1.82) is 0 Å². The third-order valence-electron chi connectivity index (χ3n) is 4.48. The highest BCUT2D eigenvalue weighted by Crippen LogP contribution is 2.28. The van der Waals surface area contributed by atoms with Gasteiger partial charge < -0.3 is 10.6 Å². The number of aromatic nitrogens is 1. The van der Waals surface area contributed by atoms with Gasteiger partial charge in [-0.05, 0) is 38.5 Å². The zero-order valence-corrected chi connectivity index (χ0v) is 12.5. The van der Waals surface area contributed by atoms with Crippen LogP contribution in [-0.2, 0) is 0 Å². The zero-order valence-electron chi connectivity index (χ0n) is 12.5. The second-order valence-corrected chi connectivity index (χ2v) is 5.94. The number of amides is 1. The van der Waals surface area contributed by atoms with Crippen LogP contribution in [0.4, 0.5) is 5.82 Å². The number of carbonyl (C=O) groups excluding carboxylic acids is 1. The average molecular weight is 283 g/mol. The molecule has 2 aromatic rings. The number of rotatable bonds is 1. The first-order valence-corrected chi connectivity index (χ1v) is 7.55. The molecule has 0 radical (unpaired) electrons. The summed E-state index contributed by atoms with van der Waals surface area (Å²) in [6, 6.07) is 8.26. The van der Waals surface area contributed by atoms with Gasteiger partial charge in [0, 0.05) is 23.7 Å². The van der Waals surface area contributed by atoms with Crippen molar-refractivity contribution in [1.82, 2.24) is 9.88 Å². The number of hydrogen-bond acceptors (Lipinski definition) is 3. The maximum absolute atomic E-state index is 13.0. The fourth-order valence-corrected chi connectivity index (χ4v) is 3.35. The lowest BCUT2D eigenvalue weighted by molar-refractivity contribution is 0.0512. The Hall–Kier alpha value is -2.10. The number of benzene rings is 1. The van der Waals surface area contributed by atoms with Crippen LogP contribution in [0.2, 0.25) is 0 Å². The fraction of sp³-hybridized carbons (Fsp3) is 0.412. The van der Waals surface area contributed by atoms with Crippen molar-refractivity contribution in [3.63, 3.8) is 0 Å². The van der Waals surface area contributed by atoms with Crippen LogP contribution >= 0.6 is 0 Å². The summed E-state index contributed by atoms with van der Waals surface area (Å²) >= 11 is 0. The lowest BCUT2D eigenvalue weighted by atomic mass is 9.95. The molecular weight excluding hydrogens is 262 g/mol. The molecule has 1 aliphatic heterocycles. The molecule has 2 heterocycles. The molecule has 3 rings (SSSR count). The highest BCUT2D eigenvalue weighted by Gasteiger charge is 2.30. The molecule has 0 saturated carbocycles. The van der Waals surface area contributed by atoms with Crippen LogP contribution < -0.4 is 5.73 Å². The van der Waals surface area contributed by atoms with Gasteiger partial charge in [-0.15, -0.1) is 0 Å². The smallest absolute Gasteiger partial charge is 0.256 e. The molecule has 1 aromatic heterocycles. The number of pyridine rings is 1. The molecule has 0 bridgehead atoms. The second kappa shape index (κ2) is 5.35. The summed E-state index contributed by atoms with van der Waals surface area (Å²) in [6.45, 7) is 4.25. The molecule has 21 heavy (non-hydrogen) atoms. The molecule has 1 aromatic carbocycles. The van der Waals surface area contributed by atoms with Gasteiger partial charge in [0.05, 0.1) is 5.56 Å². The van der Waals surface area contributed by atoms with Crippen LogP contribution in [0.5, 0.6) is 0 Å². The van der Waals surface area contributed by atoms with E-state index in [1.165, 1.54) is 6.42 Å². The fourth-order valence-electron chi connectivity index (χ4n) is 3.35. The highest BCUT2D eigenvalue weighted by atomic mass is 16.2. The van der Waals surface area contributed by atoms with E-state index in [1.807, 2.05) is 29.2 Å². The number of fused-ring (bicyclic) bond motifs is 1. The average Bonchev–Trinajstić information content (AvgIpc) is 2.47. The molecular formula is C17H21N3O. The molecule has 4 heteroatoms. The van der Waals surface area contributed by atoms with E-state index in [9.17, 15) is 4.79 Å². The lowest BCUT2D eigenvalue weighted by Crippen LogP contribution is -2.47. The van der Waals surface area contributed by atoms with Crippen molar-refractivity contribution in [3.05, 3.63) is 36.0 Å². The topological polar surface area (TPSA) is 59.2 Å². The molecule has 0 spiro atoms. The Labute approximate surface area is 125 Å². The molecule has 1 fully saturated rings. The molecule has 0 aliphatic carbocycles. The summed E-state index contributed by atoms with van der Waals surface area (Å²) in [5.41, 5.74) is 6.58. The zero-order chi connectivity index (χ0) is 15.0. The largest absolute Gasteiger partial charge is 0.383 e. The molecule has 2 unspecified atom stereocenters. The van der Waals surface area contributed by atoms with Crippen molar-refractivity contribution in [2.45, 2.75) is 45.2 Å². The number of nitrogens with zero attached hydrogens (tertiary/aromatic N) is 2. The first-order valence-electron chi connectivity index (χ1n) is 7.55. The summed E-state index contributed by atoms with van der Waals surface area (Å²) in [6.07, 6.45) is 4.94. The summed E-state index contributed by atoms with van der Waals surface area (Å²) < 4.78 is 0. The minimum absolute atomic E-state index is 0.0680. The van der Waals surface area contributed by atoms with Crippen molar-refractivity contribution in [3.8, 4) is 0 Å². The third kappa shape index (κ3) is 2.35. The number of nitrogens with two attached hydrogens (primary N) is 1. The lowest BCUT2D eigenvalue weighted by Gasteiger charge is -2.39. The third-order valence-corrected chi connectivity index (χ3v) is 4.48. The highest BCUT2D eigenvalue weighted by molar-refractivity contribution is 6.09. The number of anilines is 1. The standard InChI is InChI=1S/C17H21N3O/c1-11-6-5-7-12(2)20(11)17(21)15-10-19-16(18)14-9-4-3-8-13(14)15/h3-4,8-12H,5-7H2,1-2H3,(H2,18,19). The molecule has 1 amide bonds. The first-order chi connectivity index (χ1) is 10.1. The molecule has 2 atom stereocenters. The van der Waals surface area contributed by atoms with E-state index in [1.54, 1.807) is 6.20 Å². The maximum Gasteiger partial charge on any atom is 0.256 e. The summed E-state index contributed by atoms with van der Waals surface area (Å²) in [4.78, 5) is 19.2. The van der Waals surface area contributed by atoms with Gasteiger partial charge in [0.25, 0.3) is 5.91 Å².